The number of rotatable bonds is 26. The normalized spacial score (nSPS) is 12.9. The summed E-state index contributed by atoms with van der Waals surface area (Å²) in [7, 11) is 0. The van der Waals surface area contributed by atoms with Crippen LogP contribution in [0.5, 0.6) is 11.5 Å². The Labute approximate surface area is 428 Å². The summed E-state index contributed by atoms with van der Waals surface area (Å²) in [4.78, 5) is 9.74. The predicted molar refractivity (Wildman–Crippen MR) is 301 cm³/mol. The van der Waals surface area contributed by atoms with Gasteiger partial charge in [0, 0.05) is 22.9 Å². The van der Waals surface area contributed by atoms with E-state index in [4.69, 9.17) is 19.4 Å². The quantitative estimate of drug-likeness (QED) is 0.0400. The average Bonchev–Trinajstić information content (AvgIpc) is 3.44. The van der Waals surface area contributed by atoms with Crippen molar-refractivity contribution < 1.29 is 9.47 Å². The third-order valence-corrected chi connectivity index (χ3v) is 14.7. The molecule has 2 atom stereocenters. The standard InChI is InChI=1S/C66H68N2O2S/c1-3-59(51-27-11-5-12-28-51)65(53-31-15-7-16-32-53)55-39-43-57(44-40-55)69-49-25-9-19-37-63(61-35-21-23-47-67-61)71-64(62-36-22-24-48-68-62)38-20-10-26-50-70-58-45-41-56(42-46-58)66(54-33-17-8-18-34-54)60(4-2)52-29-13-6-14-30-52/h5-8,11-18,21-24,27-36,39-48,63-64H,3-4,9-10,19-20,25-26,37-38,49-50H2,1-2H3. The van der Waals surface area contributed by atoms with Crippen LogP contribution in [-0.2, 0) is 0 Å². The molecule has 0 aliphatic carbocycles. The highest BCUT2D eigenvalue weighted by Gasteiger charge is 2.22. The van der Waals surface area contributed by atoms with E-state index < -0.39 is 0 Å². The van der Waals surface area contributed by atoms with E-state index in [0.29, 0.717) is 13.2 Å². The average molecular weight is 953 g/mol. The number of ether oxygens (including phenoxy) is 2. The number of thioether (sulfide) groups is 1. The number of pyridine rings is 2. The zero-order valence-corrected chi connectivity index (χ0v) is 42.4. The van der Waals surface area contributed by atoms with E-state index in [1.807, 2.05) is 36.3 Å². The molecule has 2 heterocycles. The lowest BCUT2D eigenvalue weighted by molar-refractivity contribution is 0.304. The van der Waals surface area contributed by atoms with Gasteiger partial charge in [0.25, 0.3) is 0 Å². The van der Waals surface area contributed by atoms with Crippen molar-refractivity contribution in [3.05, 3.63) is 263 Å². The minimum absolute atomic E-state index is 0.275. The second kappa shape index (κ2) is 27.4. The largest absolute Gasteiger partial charge is 0.494 e. The number of nitrogens with zero attached hydrogens (tertiary/aromatic N) is 2. The molecule has 2 aromatic heterocycles. The molecule has 4 nitrogen and oxygen atoms in total. The molecule has 6 aromatic carbocycles. The van der Waals surface area contributed by atoms with Crippen LogP contribution in [0.1, 0.15) is 133 Å². The Kier molecular flexibility index (Phi) is 19.5. The van der Waals surface area contributed by atoms with E-state index in [0.717, 1.165) is 87.1 Å². The highest BCUT2D eigenvalue weighted by molar-refractivity contribution is 7.99. The summed E-state index contributed by atoms with van der Waals surface area (Å²) < 4.78 is 12.7. The number of hydrogen-bond acceptors (Lipinski definition) is 5. The van der Waals surface area contributed by atoms with E-state index in [1.54, 1.807) is 0 Å². The second-order valence-electron chi connectivity index (χ2n) is 17.9. The number of aromatic nitrogens is 2. The van der Waals surface area contributed by atoms with Crippen molar-refractivity contribution in [2.24, 2.45) is 0 Å². The highest BCUT2D eigenvalue weighted by atomic mass is 32.2. The minimum atomic E-state index is 0.275. The molecule has 2 unspecified atom stereocenters. The Morgan fingerprint density at radius 1 is 0.366 bits per heavy atom. The van der Waals surface area contributed by atoms with Crippen molar-refractivity contribution in [2.75, 3.05) is 13.2 Å². The van der Waals surface area contributed by atoms with Crippen molar-refractivity contribution in [2.45, 2.75) is 88.6 Å². The fourth-order valence-electron chi connectivity index (χ4n) is 9.50. The summed E-state index contributed by atoms with van der Waals surface area (Å²) in [5, 5.41) is 0.550. The first-order valence-corrected chi connectivity index (χ1v) is 26.7. The minimum Gasteiger partial charge on any atom is -0.494 e. The predicted octanol–water partition coefficient (Wildman–Crippen LogP) is 18.0. The Morgan fingerprint density at radius 2 is 0.704 bits per heavy atom. The molecule has 0 aliphatic rings. The van der Waals surface area contributed by atoms with E-state index in [-0.39, 0.29) is 10.5 Å². The number of allylic oxidation sites excluding steroid dienone is 2. The summed E-state index contributed by atoms with van der Waals surface area (Å²) in [6, 6.07) is 73.0. The molecule has 0 radical (unpaired) electrons. The zero-order chi connectivity index (χ0) is 48.7. The summed E-state index contributed by atoms with van der Waals surface area (Å²) in [5.74, 6) is 1.82. The molecule has 0 fully saturated rings. The Balaban J connectivity index is 0.827. The molecule has 0 saturated heterocycles. The highest BCUT2D eigenvalue weighted by Crippen LogP contribution is 2.45. The van der Waals surface area contributed by atoms with Gasteiger partial charge in [-0.15, -0.1) is 11.8 Å². The van der Waals surface area contributed by atoms with Crippen LogP contribution in [-0.4, -0.2) is 23.2 Å². The van der Waals surface area contributed by atoms with Crippen LogP contribution in [0, 0.1) is 0 Å². The maximum Gasteiger partial charge on any atom is 0.119 e. The van der Waals surface area contributed by atoms with Gasteiger partial charge in [-0.3, -0.25) is 9.97 Å². The summed E-state index contributed by atoms with van der Waals surface area (Å²) >= 11 is 2.03. The molecule has 71 heavy (non-hydrogen) atoms. The Bertz CT molecular complexity index is 2620. The third kappa shape index (κ3) is 14.6. The van der Waals surface area contributed by atoms with Crippen LogP contribution >= 0.6 is 11.8 Å². The maximum absolute atomic E-state index is 6.33. The van der Waals surface area contributed by atoms with Gasteiger partial charge in [-0.05, 0) is 143 Å². The van der Waals surface area contributed by atoms with E-state index in [9.17, 15) is 0 Å². The number of unbranched alkanes of at least 4 members (excludes halogenated alkanes) is 4. The van der Waals surface area contributed by atoms with Crippen LogP contribution in [0.2, 0.25) is 0 Å². The lowest BCUT2D eigenvalue weighted by atomic mass is 9.88. The molecular formula is C66H68N2O2S. The molecule has 8 rings (SSSR count). The van der Waals surface area contributed by atoms with Gasteiger partial charge >= 0.3 is 0 Å². The number of hydrogen-bond donors (Lipinski definition) is 0. The smallest absolute Gasteiger partial charge is 0.119 e. The molecule has 0 spiro atoms. The Morgan fingerprint density at radius 3 is 1.04 bits per heavy atom. The van der Waals surface area contributed by atoms with Crippen molar-refractivity contribution in [3.8, 4) is 11.5 Å². The first-order valence-electron chi connectivity index (χ1n) is 25.8. The van der Waals surface area contributed by atoms with Gasteiger partial charge in [0.1, 0.15) is 11.5 Å². The van der Waals surface area contributed by atoms with E-state index in [1.165, 1.54) is 55.7 Å². The van der Waals surface area contributed by atoms with Crippen LogP contribution in [0.25, 0.3) is 22.3 Å². The summed E-state index contributed by atoms with van der Waals surface area (Å²) in [6.07, 6.45) is 14.2. The van der Waals surface area contributed by atoms with Gasteiger partial charge in [0.2, 0.25) is 0 Å². The number of benzene rings is 6. The maximum atomic E-state index is 6.33. The van der Waals surface area contributed by atoms with Crippen molar-refractivity contribution in [1.29, 1.82) is 0 Å². The molecule has 0 amide bonds. The van der Waals surface area contributed by atoms with Gasteiger partial charge in [0.15, 0.2) is 0 Å². The fraction of sp³-hybridized carbons (Fsp3) is 0.242. The molecule has 360 valence electrons. The van der Waals surface area contributed by atoms with E-state index >= 15 is 0 Å². The second-order valence-corrected chi connectivity index (χ2v) is 19.4. The van der Waals surface area contributed by atoms with Gasteiger partial charge in [0.05, 0.1) is 24.6 Å². The van der Waals surface area contributed by atoms with Crippen LogP contribution in [0.15, 0.2) is 219 Å². The van der Waals surface area contributed by atoms with Crippen molar-refractivity contribution in [3.63, 3.8) is 0 Å². The van der Waals surface area contributed by atoms with Crippen LogP contribution < -0.4 is 9.47 Å². The van der Waals surface area contributed by atoms with Gasteiger partial charge < -0.3 is 9.47 Å². The SMILES string of the molecule is CCC(=C(c1ccccc1)c1ccc(OCCCCCC(SC(CCCCCOc2ccc(C(=C(CC)c3ccccc3)c3ccccc3)cc2)c2ccccn2)c2ccccn2)cc1)c1ccccc1. The third-order valence-electron chi connectivity index (χ3n) is 13.1. The molecule has 0 saturated carbocycles. The molecule has 8 aromatic rings. The molecule has 5 heteroatoms. The van der Waals surface area contributed by atoms with Crippen LogP contribution in [0.4, 0.5) is 0 Å². The monoisotopic (exact) mass is 953 g/mol. The molecule has 0 aliphatic heterocycles. The Hall–Kier alpha value is -6.95. The summed E-state index contributed by atoms with van der Waals surface area (Å²) in [5.41, 5.74) is 14.9. The molecular weight excluding hydrogens is 885 g/mol. The van der Waals surface area contributed by atoms with Gasteiger partial charge in [-0.1, -0.05) is 197 Å². The first kappa shape index (κ1) is 50.4. The van der Waals surface area contributed by atoms with Crippen molar-refractivity contribution >= 4 is 34.1 Å². The summed E-state index contributed by atoms with van der Waals surface area (Å²) in [6.45, 7) is 5.87. The van der Waals surface area contributed by atoms with Gasteiger partial charge in [-0.2, -0.15) is 0 Å². The topological polar surface area (TPSA) is 44.2 Å². The molecule has 0 bridgehead atoms. The van der Waals surface area contributed by atoms with Crippen molar-refractivity contribution in [1.82, 2.24) is 9.97 Å². The zero-order valence-electron chi connectivity index (χ0n) is 41.5. The fourth-order valence-corrected chi connectivity index (χ4v) is 11.1. The van der Waals surface area contributed by atoms with Crippen LogP contribution in [0.3, 0.4) is 0 Å². The van der Waals surface area contributed by atoms with Gasteiger partial charge in [-0.25, -0.2) is 0 Å². The molecule has 0 N–H and O–H groups in total. The lowest BCUT2D eigenvalue weighted by Crippen LogP contribution is -2.05. The lowest BCUT2D eigenvalue weighted by Gasteiger charge is -2.23. The van der Waals surface area contributed by atoms with E-state index in [2.05, 4.69) is 208 Å². The first-order chi connectivity index (χ1) is 35.2.